The average molecular weight is 345 g/mol. The highest BCUT2D eigenvalue weighted by atomic mass is 79.9. The molecule has 0 saturated carbocycles. The largest absolute Gasteiger partial charge is 0.244 e. The van der Waals surface area contributed by atoms with Gasteiger partial charge in [-0.25, -0.2) is 8.42 Å². The molecule has 0 bridgehead atoms. The van der Waals surface area contributed by atoms with Crippen LogP contribution in [0.3, 0.4) is 0 Å². The molecule has 0 amide bonds. The first-order chi connectivity index (χ1) is 7.41. The van der Waals surface area contributed by atoms with Crippen LogP contribution in [0, 0.1) is 6.92 Å². The summed E-state index contributed by atoms with van der Waals surface area (Å²) in [4.78, 5) is 1.21. The lowest BCUT2D eigenvalue weighted by molar-refractivity contribution is 0.477. The minimum Gasteiger partial charge on any atom is -0.207 e. The van der Waals surface area contributed by atoms with Crippen LogP contribution in [0.4, 0.5) is 0 Å². The number of thiophene rings is 1. The summed E-state index contributed by atoms with van der Waals surface area (Å²) < 4.78 is 26.8. The summed E-state index contributed by atoms with van der Waals surface area (Å²) in [5.74, 6) is 0. The Hall–Kier alpha value is 0.380. The summed E-state index contributed by atoms with van der Waals surface area (Å²) in [5, 5.41) is -0.0582. The predicted molar refractivity (Wildman–Crippen MR) is 69.8 cm³/mol. The average Bonchev–Trinajstić information content (AvgIpc) is 2.73. The fourth-order valence-corrected chi connectivity index (χ4v) is 5.96. The molecule has 0 spiro atoms. The van der Waals surface area contributed by atoms with Crippen LogP contribution in [0.1, 0.15) is 11.3 Å². The van der Waals surface area contributed by atoms with Crippen molar-refractivity contribution in [2.45, 2.75) is 23.6 Å². The van der Waals surface area contributed by atoms with Crippen LogP contribution in [0.15, 0.2) is 14.7 Å². The highest BCUT2D eigenvalue weighted by Crippen LogP contribution is 2.33. The maximum absolute atomic E-state index is 12.3. The van der Waals surface area contributed by atoms with E-state index in [0.717, 1.165) is 15.1 Å². The molecule has 1 aliphatic rings. The molecule has 1 aromatic rings. The molecule has 2 heterocycles. The number of alkyl halides is 1. The molecule has 0 radical (unpaired) electrons. The van der Waals surface area contributed by atoms with Crippen molar-refractivity contribution in [2.24, 2.45) is 0 Å². The van der Waals surface area contributed by atoms with Crippen molar-refractivity contribution in [3.05, 3.63) is 14.7 Å². The molecule has 0 aliphatic carbocycles. The second kappa shape index (κ2) is 4.57. The minimum absolute atomic E-state index is 0.0582. The van der Waals surface area contributed by atoms with Gasteiger partial charge in [-0.1, -0.05) is 0 Å². The van der Waals surface area contributed by atoms with E-state index >= 15 is 0 Å². The van der Waals surface area contributed by atoms with Gasteiger partial charge in [0.1, 0.15) is 0 Å². The predicted octanol–water partition coefficient (Wildman–Crippen LogP) is 2.82. The zero-order chi connectivity index (χ0) is 11.9. The van der Waals surface area contributed by atoms with Crippen LogP contribution in [0.2, 0.25) is 0 Å². The Morgan fingerprint density at radius 3 is 2.75 bits per heavy atom. The lowest BCUT2D eigenvalue weighted by Gasteiger charge is -2.15. The second-order valence-electron chi connectivity index (χ2n) is 3.72. The molecule has 1 atom stereocenters. The SMILES string of the molecule is Cc1sc(Br)cc1S(=O)(=O)N1CCC(Cl)C1. The lowest BCUT2D eigenvalue weighted by Crippen LogP contribution is -2.29. The van der Waals surface area contributed by atoms with Crippen molar-refractivity contribution in [3.63, 3.8) is 0 Å². The minimum atomic E-state index is -3.35. The Labute approximate surface area is 113 Å². The molecular formula is C9H11BrClNO2S2. The van der Waals surface area contributed by atoms with Gasteiger partial charge in [0, 0.05) is 23.3 Å². The van der Waals surface area contributed by atoms with Gasteiger partial charge in [-0.05, 0) is 35.3 Å². The topological polar surface area (TPSA) is 37.4 Å². The van der Waals surface area contributed by atoms with E-state index in [9.17, 15) is 8.42 Å². The first kappa shape index (κ1) is 12.8. The number of rotatable bonds is 2. The third-order valence-electron chi connectivity index (χ3n) is 2.55. The van der Waals surface area contributed by atoms with E-state index in [1.54, 1.807) is 6.07 Å². The Morgan fingerprint density at radius 1 is 1.62 bits per heavy atom. The molecule has 0 aromatic carbocycles. The van der Waals surface area contributed by atoms with Crippen LogP contribution in [0.25, 0.3) is 0 Å². The molecule has 0 N–H and O–H groups in total. The number of hydrogen-bond donors (Lipinski definition) is 0. The molecule has 1 saturated heterocycles. The summed E-state index contributed by atoms with van der Waals surface area (Å²) in [6.45, 7) is 2.75. The van der Waals surface area contributed by atoms with E-state index in [-0.39, 0.29) is 5.38 Å². The van der Waals surface area contributed by atoms with E-state index < -0.39 is 10.0 Å². The molecule has 16 heavy (non-hydrogen) atoms. The van der Waals surface area contributed by atoms with E-state index in [0.29, 0.717) is 18.0 Å². The van der Waals surface area contributed by atoms with E-state index in [4.69, 9.17) is 11.6 Å². The molecular weight excluding hydrogens is 334 g/mol. The van der Waals surface area contributed by atoms with Crippen molar-refractivity contribution in [3.8, 4) is 0 Å². The van der Waals surface area contributed by atoms with Gasteiger partial charge < -0.3 is 0 Å². The first-order valence-electron chi connectivity index (χ1n) is 4.81. The van der Waals surface area contributed by atoms with E-state index in [1.807, 2.05) is 6.92 Å². The fourth-order valence-electron chi connectivity index (χ4n) is 1.73. The number of sulfonamides is 1. The standard InChI is InChI=1S/C9H11BrClNO2S2/c1-6-8(4-9(10)15-6)16(13,14)12-3-2-7(11)5-12/h4,7H,2-3,5H2,1H3. The van der Waals surface area contributed by atoms with Gasteiger partial charge in [0.25, 0.3) is 0 Å². The molecule has 90 valence electrons. The number of halogens is 2. The fraction of sp³-hybridized carbons (Fsp3) is 0.556. The van der Waals surface area contributed by atoms with Gasteiger partial charge in [0.2, 0.25) is 10.0 Å². The third-order valence-corrected chi connectivity index (χ3v) is 6.58. The maximum Gasteiger partial charge on any atom is 0.244 e. The monoisotopic (exact) mass is 343 g/mol. The van der Waals surface area contributed by atoms with Gasteiger partial charge in [0.05, 0.1) is 8.68 Å². The van der Waals surface area contributed by atoms with E-state index in [2.05, 4.69) is 15.9 Å². The molecule has 1 fully saturated rings. The molecule has 1 aromatic heterocycles. The third kappa shape index (κ3) is 2.31. The molecule has 3 nitrogen and oxygen atoms in total. The Balaban J connectivity index is 2.36. The van der Waals surface area contributed by atoms with Gasteiger partial charge in [0.15, 0.2) is 0 Å². The van der Waals surface area contributed by atoms with Crippen molar-refractivity contribution in [2.75, 3.05) is 13.1 Å². The van der Waals surface area contributed by atoms with Crippen LogP contribution < -0.4 is 0 Å². The number of aryl methyl sites for hydroxylation is 1. The smallest absolute Gasteiger partial charge is 0.207 e. The lowest BCUT2D eigenvalue weighted by atomic mass is 10.4. The van der Waals surface area contributed by atoms with Crippen molar-refractivity contribution < 1.29 is 8.42 Å². The Kier molecular flexibility index (Phi) is 3.66. The second-order valence-corrected chi connectivity index (χ2v) is 8.88. The van der Waals surface area contributed by atoms with E-state index in [1.165, 1.54) is 15.6 Å². The quantitative estimate of drug-likeness (QED) is 0.774. The molecule has 1 aliphatic heterocycles. The molecule has 2 rings (SSSR count). The maximum atomic E-state index is 12.3. The van der Waals surface area contributed by atoms with Gasteiger partial charge in [-0.15, -0.1) is 22.9 Å². The van der Waals surface area contributed by atoms with Gasteiger partial charge in [-0.3, -0.25) is 0 Å². The zero-order valence-electron chi connectivity index (χ0n) is 8.61. The van der Waals surface area contributed by atoms with Gasteiger partial charge in [-0.2, -0.15) is 4.31 Å². The first-order valence-corrected chi connectivity index (χ1v) is 8.30. The van der Waals surface area contributed by atoms with Crippen LogP contribution in [0.5, 0.6) is 0 Å². The number of nitrogens with zero attached hydrogens (tertiary/aromatic N) is 1. The highest BCUT2D eigenvalue weighted by molar-refractivity contribution is 9.11. The summed E-state index contributed by atoms with van der Waals surface area (Å²) in [5.41, 5.74) is 0. The summed E-state index contributed by atoms with van der Waals surface area (Å²) in [7, 11) is -3.35. The van der Waals surface area contributed by atoms with Crippen LogP contribution in [-0.2, 0) is 10.0 Å². The van der Waals surface area contributed by atoms with Crippen molar-refractivity contribution in [1.82, 2.24) is 4.31 Å². The normalized spacial score (nSPS) is 22.8. The van der Waals surface area contributed by atoms with Gasteiger partial charge >= 0.3 is 0 Å². The summed E-state index contributed by atoms with van der Waals surface area (Å²) >= 11 is 10.7. The Morgan fingerprint density at radius 2 is 2.31 bits per heavy atom. The zero-order valence-corrected chi connectivity index (χ0v) is 12.6. The molecule has 1 unspecified atom stereocenters. The van der Waals surface area contributed by atoms with Crippen molar-refractivity contribution >= 4 is 48.9 Å². The Bertz CT molecular complexity index is 500. The summed E-state index contributed by atoms with van der Waals surface area (Å²) in [6, 6.07) is 1.66. The summed E-state index contributed by atoms with van der Waals surface area (Å²) in [6.07, 6.45) is 0.727. The van der Waals surface area contributed by atoms with Crippen LogP contribution >= 0.6 is 38.9 Å². The van der Waals surface area contributed by atoms with Crippen molar-refractivity contribution in [1.29, 1.82) is 0 Å². The molecule has 7 heteroatoms. The van der Waals surface area contributed by atoms with Crippen LogP contribution in [-0.4, -0.2) is 31.2 Å². The number of hydrogen-bond acceptors (Lipinski definition) is 3. The highest BCUT2D eigenvalue weighted by Gasteiger charge is 2.33.